The predicted octanol–water partition coefficient (Wildman–Crippen LogP) is 14.3. The first-order chi connectivity index (χ1) is 28.3. The number of aromatic nitrogens is 3. The third-order valence-corrected chi connectivity index (χ3v) is 11.8. The first-order valence-corrected chi connectivity index (χ1v) is 19.6. The fourth-order valence-corrected chi connectivity index (χ4v) is 9.29. The van der Waals surface area contributed by atoms with E-state index in [1.165, 1.54) is 87.7 Å². The monoisotopic (exact) mass is 725 g/mol. The van der Waals surface area contributed by atoms with Crippen molar-refractivity contribution < 1.29 is 0 Å². The molecule has 0 N–H and O–H groups in total. The van der Waals surface area contributed by atoms with Crippen molar-refractivity contribution in [3.05, 3.63) is 212 Å². The van der Waals surface area contributed by atoms with E-state index in [4.69, 9.17) is 0 Å². The van der Waals surface area contributed by atoms with Crippen LogP contribution in [0.4, 0.5) is 0 Å². The normalized spacial score (nSPS) is 11.9. The number of nitrogens with zero attached hydrogens (tertiary/aromatic N) is 3. The molecule has 3 aromatic heterocycles. The molecular weight excluding hydrogens is 691 g/mol. The van der Waals surface area contributed by atoms with E-state index < -0.39 is 0 Å². The molecule has 0 spiro atoms. The van der Waals surface area contributed by atoms with Gasteiger partial charge in [0.05, 0.1) is 33.1 Å². The van der Waals surface area contributed by atoms with Gasteiger partial charge in [-0.1, -0.05) is 146 Å². The Balaban J connectivity index is 1.13. The summed E-state index contributed by atoms with van der Waals surface area (Å²) in [5, 5.41) is 7.47. The summed E-state index contributed by atoms with van der Waals surface area (Å²) >= 11 is 0. The summed E-state index contributed by atoms with van der Waals surface area (Å²) in [6, 6.07) is 77.6. The topological polar surface area (TPSA) is 14.8 Å². The smallest absolute Gasteiger partial charge is 0.0561 e. The lowest BCUT2D eigenvalue weighted by atomic mass is 9.98. The Morgan fingerprint density at radius 1 is 0.193 bits per heavy atom. The lowest BCUT2D eigenvalue weighted by molar-refractivity contribution is 1.14. The SMILES string of the molecule is c1ccc(-c2cc(-c3ccccc3)cc(-n3c4ccccc4c4ccc(-n5c6ccccc6c6ccc(-n7c8ccccc8c8ccccc87)cc65)cc43)c2)cc1. The Bertz CT molecular complexity index is 3400. The van der Waals surface area contributed by atoms with Crippen LogP contribution in [0.25, 0.3) is 105 Å². The minimum absolute atomic E-state index is 1.12. The van der Waals surface area contributed by atoms with Crippen LogP contribution in [-0.4, -0.2) is 13.7 Å². The molecule has 3 heteroatoms. The maximum atomic E-state index is 2.46. The Morgan fingerprint density at radius 3 is 0.912 bits per heavy atom. The number of rotatable bonds is 5. The van der Waals surface area contributed by atoms with E-state index in [1.54, 1.807) is 0 Å². The van der Waals surface area contributed by atoms with Crippen LogP contribution in [0.5, 0.6) is 0 Å². The fourth-order valence-electron chi connectivity index (χ4n) is 9.29. The molecule has 0 bridgehead atoms. The van der Waals surface area contributed by atoms with Crippen molar-refractivity contribution in [2.45, 2.75) is 0 Å². The van der Waals surface area contributed by atoms with E-state index in [2.05, 4.69) is 226 Å². The molecule has 0 saturated heterocycles. The highest BCUT2D eigenvalue weighted by Gasteiger charge is 2.19. The largest absolute Gasteiger partial charge is 0.309 e. The summed E-state index contributed by atoms with van der Waals surface area (Å²) in [4.78, 5) is 0. The summed E-state index contributed by atoms with van der Waals surface area (Å²) in [5.74, 6) is 0. The van der Waals surface area contributed by atoms with Crippen molar-refractivity contribution in [1.29, 1.82) is 0 Å². The first kappa shape index (κ1) is 31.7. The van der Waals surface area contributed by atoms with E-state index >= 15 is 0 Å². The van der Waals surface area contributed by atoms with Gasteiger partial charge in [0.2, 0.25) is 0 Å². The molecule has 0 aliphatic carbocycles. The summed E-state index contributed by atoms with van der Waals surface area (Å²) in [6.45, 7) is 0. The van der Waals surface area contributed by atoms with Crippen molar-refractivity contribution in [2.24, 2.45) is 0 Å². The second kappa shape index (κ2) is 12.5. The molecule has 57 heavy (non-hydrogen) atoms. The average molecular weight is 726 g/mol. The lowest BCUT2D eigenvalue weighted by Crippen LogP contribution is -1.99. The second-order valence-electron chi connectivity index (χ2n) is 15.0. The molecule has 12 rings (SSSR count). The molecule has 3 heterocycles. The highest BCUT2D eigenvalue weighted by atomic mass is 15.0. The maximum Gasteiger partial charge on any atom is 0.0561 e. The minimum atomic E-state index is 1.12. The Hall–Kier alpha value is -7.62. The van der Waals surface area contributed by atoms with Gasteiger partial charge in [-0.2, -0.15) is 0 Å². The van der Waals surface area contributed by atoms with Gasteiger partial charge in [-0.15, -0.1) is 0 Å². The van der Waals surface area contributed by atoms with Gasteiger partial charge >= 0.3 is 0 Å². The van der Waals surface area contributed by atoms with Gasteiger partial charge in [-0.25, -0.2) is 0 Å². The van der Waals surface area contributed by atoms with Crippen molar-refractivity contribution in [3.63, 3.8) is 0 Å². The first-order valence-electron chi connectivity index (χ1n) is 19.6. The summed E-state index contributed by atoms with van der Waals surface area (Å²) in [6.07, 6.45) is 0. The van der Waals surface area contributed by atoms with Crippen LogP contribution < -0.4 is 0 Å². The Labute approximate surface area is 329 Å². The zero-order chi connectivity index (χ0) is 37.5. The van der Waals surface area contributed by atoms with E-state index in [-0.39, 0.29) is 0 Å². The molecule has 0 fully saturated rings. The average Bonchev–Trinajstić information content (AvgIpc) is 3.92. The van der Waals surface area contributed by atoms with Gasteiger partial charge in [-0.3, -0.25) is 0 Å². The predicted molar refractivity (Wildman–Crippen MR) is 240 cm³/mol. The zero-order valence-corrected chi connectivity index (χ0v) is 31.0. The van der Waals surface area contributed by atoms with Gasteiger partial charge in [-0.05, 0) is 89.0 Å². The molecule has 0 atom stereocenters. The molecular formula is C54H35N3. The molecule has 0 aliphatic heterocycles. The third-order valence-electron chi connectivity index (χ3n) is 11.8. The zero-order valence-electron chi connectivity index (χ0n) is 31.0. The summed E-state index contributed by atoms with van der Waals surface area (Å²) in [5.41, 5.74) is 15.3. The Morgan fingerprint density at radius 2 is 0.509 bits per heavy atom. The molecule has 9 aromatic carbocycles. The highest BCUT2D eigenvalue weighted by molar-refractivity contribution is 6.13. The molecule has 266 valence electrons. The van der Waals surface area contributed by atoms with Crippen LogP contribution in [-0.2, 0) is 0 Å². The summed E-state index contributed by atoms with van der Waals surface area (Å²) < 4.78 is 7.33. The van der Waals surface area contributed by atoms with E-state index in [9.17, 15) is 0 Å². The quantitative estimate of drug-likeness (QED) is 0.168. The van der Waals surface area contributed by atoms with Crippen LogP contribution in [0.1, 0.15) is 0 Å². The van der Waals surface area contributed by atoms with Gasteiger partial charge in [0, 0.05) is 49.4 Å². The molecule has 12 aromatic rings. The Kier molecular flexibility index (Phi) is 6.93. The second-order valence-corrected chi connectivity index (χ2v) is 15.0. The summed E-state index contributed by atoms with van der Waals surface area (Å²) in [7, 11) is 0. The molecule has 0 unspecified atom stereocenters. The van der Waals surface area contributed by atoms with E-state index in [0.29, 0.717) is 0 Å². The third kappa shape index (κ3) is 4.86. The molecule has 0 saturated carbocycles. The number of benzene rings is 9. The van der Waals surface area contributed by atoms with Crippen LogP contribution in [0.2, 0.25) is 0 Å². The van der Waals surface area contributed by atoms with Crippen LogP contribution >= 0.6 is 0 Å². The molecule has 0 aliphatic rings. The molecule has 0 radical (unpaired) electrons. The van der Waals surface area contributed by atoms with Gasteiger partial charge < -0.3 is 13.7 Å². The van der Waals surface area contributed by atoms with Crippen LogP contribution in [0, 0.1) is 0 Å². The fraction of sp³-hybridized carbons (Fsp3) is 0. The van der Waals surface area contributed by atoms with Crippen LogP contribution in [0.3, 0.4) is 0 Å². The van der Waals surface area contributed by atoms with Gasteiger partial charge in [0.15, 0.2) is 0 Å². The van der Waals surface area contributed by atoms with Crippen LogP contribution in [0.15, 0.2) is 212 Å². The van der Waals surface area contributed by atoms with Crippen molar-refractivity contribution >= 4 is 65.4 Å². The number of fused-ring (bicyclic) bond motifs is 9. The van der Waals surface area contributed by atoms with E-state index in [1.807, 2.05) is 0 Å². The van der Waals surface area contributed by atoms with Crippen molar-refractivity contribution in [3.8, 4) is 39.3 Å². The number of para-hydroxylation sites is 4. The molecule has 0 amide bonds. The van der Waals surface area contributed by atoms with Crippen molar-refractivity contribution in [2.75, 3.05) is 0 Å². The van der Waals surface area contributed by atoms with E-state index in [0.717, 1.165) is 17.1 Å². The van der Waals surface area contributed by atoms with Gasteiger partial charge in [0.25, 0.3) is 0 Å². The standard InChI is InChI=1S/C54H35N3/c1-3-15-36(16-4-1)38-31-39(37-17-5-2-6-18-37)33-42(32-38)57-52-26-14-10-22-46(52)48-30-28-41(35-54(48)57)56-51-25-13-9-21-45(51)47-29-27-40(34-53(47)56)55-49-23-11-7-19-43(49)44-20-8-12-24-50(44)55/h1-35H. The lowest BCUT2D eigenvalue weighted by Gasteiger charge is -2.15. The van der Waals surface area contributed by atoms with Gasteiger partial charge in [0.1, 0.15) is 0 Å². The molecule has 3 nitrogen and oxygen atoms in total. The highest BCUT2D eigenvalue weighted by Crippen LogP contribution is 2.40. The minimum Gasteiger partial charge on any atom is -0.309 e. The number of hydrogen-bond acceptors (Lipinski definition) is 0. The maximum absolute atomic E-state index is 2.46. The van der Waals surface area contributed by atoms with Crippen molar-refractivity contribution in [1.82, 2.24) is 13.7 Å². The number of hydrogen-bond donors (Lipinski definition) is 0.